The molecule has 0 unspecified atom stereocenters. The fraction of sp³-hybridized carbons (Fsp3) is 0.667. The first-order chi connectivity index (χ1) is 5.86. The lowest BCUT2D eigenvalue weighted by molar-refractivity contribution is 0.311. The summed E-state index contributed by atoms with van der Waals surface area (Å²) >= 11 is 0. The van der Waals surface area contributed by atoms with Gasteiger partial charge in [-0.05, 0) is 31.6 Å². The Morgan fingerprint density at radius 3 is 2.75 bits per heavy atom. The highest BCUT2D eigenvalue weighted by Crippen LogP contribution is 2.23. The van der Waals surface area contributed by atoms with Crippen LogP contribution in [-0.2, 0) is 0 Å². The molecule has 0 aliphatic heterocycles. The van der Waals surface area contributed by atoms with Gasteiger partial charge in [-0.3, -0.25) is 0 Å². The Balaban J connectivity index is 2.30. The first-order valence-electron chi connectivity index (χ1n) is 4.34. The van der Waals surface area contributed by atoms with Crippen LogP contribution in [0.3, 0.4) is 0 Å². The molecule has 1 aliphatic rings. The van der Waals surface area contributed by atoms with E-state index in [0.29, 0.717) is 5.92 Å². The van der Waals surface area contributed by atoms with Gasteiger partial charge in [-0.15, -0.1) is 4.67 Å². The zero-order valence-electron chi connectivity index (χ0n) is 7.24. The summed E-state index contributed by atoms with van der Waals surface area (Å²) in [6.07, 6.45) is 6.99. The van der Waals surface area contributed by atoms with Crippen molar-refractivity contribution in [3.8, 4) is 0 Å². The average molecular weight is 167 g/mol. The lowest BCUT2D eigenvalue weighted by Gasteiger charge is -2.18. The predicted molar refractivity (Wildman–Crippen MR) is 51.1 cm³/mol. The molecule has 3 heteroatoms. The molecule has 0 radical (unpaired) electrons. The molecule has 1 fully saturated rings. The lowest BCUT2D eigenvalue weighted by atomic mass is 9.86. The van der Waals surface area contributed by atoms with Crippen LogP contribution >= 0.6 is 0 Å². The molecule has 0 aromatic carbocycles. The van der Waals surface area contributed by atoms with Gasteiger partial charge in [-0.25, -0.2) is 0 Å². The molecule has 66 valence electrons. The van der Waals surface area contributed by atoms with Crippen molar-refractivity contribution in [3.63, 3.8) is 0 Å². The number of hydrogen-bond acceptors (Lipinski definition) is 2. The average Bonchev–Trinajstić information content (AvgIpc) is 2.15. The molecule has 0 aromatic rings. The van der Waals surface area contributed by atoms with Crippen LogP contribution in [-0.4, -0.2) is 23.9 Å². The van der Waals surface area contributed by atoms with E-state index < -0.39 is 0 Å². The zero-order chi connectivity index (χ0) is 8.81. The third-order valence-corrected chi connectivity index (χ3v) is 2.39. The van der Waals surface area contributed by atoms with Crippen molar-refractivity contribution < 1.29 is 5.21 Å². The molecule has 12 heavy (non-hydrogen) atoms. The van der Waals surface area contributed by atoms with Crippen molar-refractivity contribution in [1.29, 1.82) is 0 Å². The van der Waals surface area contributed by atoms with Crippen LogP contribution in [0, 0.1) is 5.92 Å². The molecule has 1 saturated carbocycles. The molecule has 0 spiro atoms. The molecular formula is C9H15N2O+. The molecule has 0 amide bonds. The molecule has 0 atom stereocenters. The van der Waals surface area contributed by atoms with Crippen LogP contribution in [0.2, 0.25) is 0 Å². The van der Waals surface area contributed by atoms with Crippen molar-refractivity contribution in [2.75, 3.05) is 0 Å². The van der Waals surface area contributed by atoms with Crippen LogP contribution in [0.4, 0.5) is 0 Å². The van der Waals surface area contributed by atoms with Gasteiger partial charge in [0.15, 0.2) is 0 Å². The molecule has 0 aromatic heterocycles. The van der Waals surface area contributed by atoms with E-state index >= 15 is 0 Å². The molecule has 1 rings (SSSR count). The minimum Gasteiger partial charge on any atom is -0.411 e. The summed E-state index contributed by atoms with van der Waals surface area (Å²) in [4.78, 5) is 0. The Kier molecular flexibility index (Phi) is 3.55. The van der Waals surface area contributed by atoms with Gasteiger partial charge >= 0.3 is 0 Å². The van der Waals surface area contributed by atoms with E-state index in [1.165, 1.54) is 0 Å². The van der Waals surface area contributed by atoms with Gasteiger partial charge in [-0.2, -0.15) is 0 Å². The Morgan fingerprint density at radius 1 is 1.58 bits per heavy atom. The molecular weight excluding hydrogens is 152 g/mol. The zero-order valence-corrected chi connectivity index (χ0v) is 7.24. The van der Waals surface area contributed by atoms with Gasteiger partial charge in [0.1, 0.15) is 0 Å². The van der Waals surface area contributed by atoms with Crippen molar-refractivity contribution in [2.24, 2.45) is 11.1 Å². The minimum absolute atomic E-state index is 0.709. The van der Waals surface area contributed by atoms with E-state index in [1.54, 1.807) is 0 Å². The summed E-state index contributed by atoms with van der Waals surface area (Å²) < 4.78 is 3.71. The first-order valence-corrected chi connectivity index (χ1v) is 4.34. The summed E-state index contributed by atoms with van der Waals surface area (Å²) in [6, 6.07) is 0. The maximum atomic E-state index is 8.50. The van der Waals surface area contributed by atoms with E-state index in [4.69, 9.17) is 5.21 Å². The van der Waals surface area contributed by atoms with Crippen molar-refractivity contribution in [1.82, 2.24) is 4.67 Å². The van der Waals surface area contributed by atoms with E-state index in [9.17, 15) is 0 Å². The summed E-state index contributed by atoms with van der Waals surface area (Å²) in [7, 11) is 0. The number of nitrogens with zero attached hydrogens (tertiary/aromatic N) is 2. The van der Waals surface area contributed by atoms with Crippen LogP contribution in [0.15, 0.2) is 5.16 Å². The predicted octanol–water partition coefficient (Wildman–Crippen LogP) is 1.24. The van der Waals surface area contributed by atoms with Crippen LogP contribution in [0.1, 0.15) is 32.1 Å². The quantitative estimate of drug-likeness (QED) is 0.286. The summed E-state index contributed by atoms with van der Waals surface area (Å²) in [6.45, 7) is 3.41. The highest BCUT2D eigenvalue weighted by molar-refractivity contribution is 5.84. The van der Waals surface area contributed by atoms with E-state index in [-0.39, 0.29) is 0 Å². The summed E-state index contributed by atoms with van der Waals surface area (Å²) in [5.41, 5.74) is 0.942. The standard InChI is InChI=1S/C9H14N2O/c1-10-7-6-8-2-4-9(11-12)5-3-8/h7-8H,1-6H2/p+1. The van der Waals surface area contributed by atoms with Gasteiger partial charge in [0.05, 0.1) is 5.71 Å². The van der Waals surface area contributed by atoms with E-state index in [1.807, 2.05) is 6.21 Å². The number of hydrogen-bond donors (Lipinski definition) is 1. The van der Waals surface area contributed by atoms with Crippen molar-refractivity contribution in [3.05, 3.63) is 0 Å². The van der Waals surface area contributed by atoms with Crippen LogP contribution in [0.5, 0.6) is 0 Å². The molecule has 0 saturated heterocycles. The SMILES string of the molecule is C=[N+]=CCC1CCC(=NO)CC1. The summed E-state index contributed by atoms with van der Waals surface area (Å²) in [5.74, 6) is 0.709. The largest absolute Gasteiger partial charge is 0.411 e. The number of oxime groups is 1. The Hall–Kier alpha value is -1.08. The second-order valence-electron chi connectivity index (χ2n) is 3.21. The van der Waals surface area contributed by atoms with Gasteiger partial charge in [0.25, 0.3) is 12.9 Å². The fourth-order valence-electron chi connectivity index (χ4n) is 1.57. The van der Waals surface area contributed by atoms with Gasteiger partial charge < -0.3 is 5.21 Å². The Labute approximate surface area is 72.5 Å². The van der Waals surface area contributed by atoms with E-state index in [2.05, 4.69) is 16.5 Å². The van der Waals surface area contributed by atoms with Crippen LogP contribution in [0.25, 0.3) is 0 Å². The van der Waals surface area contributed by atoms with Crippen LogP contribution < -0.4 is 4.67 Å². The second-order valence-corrected chi connectivity index (χ2v) is 3.21. The maximum Gasteiger partial charge on any atom is 0.268 e. The minimum atomic E-state index is 0.709. The Bertz CT molecular complexity index is 207. The molecule has 1 aliphatic carbocycles. The number of rotatable bonds is 2. The fourth-order valence-corrected chi connectivity index (χ4v) is 1.57. The van der Waals surface area contributed by atoms with Crippen molar-refractivity contribution in [2.45, 2.75) is 32.1 Å². The lowest BCUT2D eigenvalue weighted by Crippen LogP contribution is -2.14. The first kappa shape index (κ1) is 9.01. The van der Waals surface area contributed by atoms with Crippen molar-refractivity contribution >= 4 is 18.6 Å². The van der Waals surface area contributed by atoms with Gasteiger partial charge in [0, 0.05) is 6.42 Å². The maximum absolute atomic E-state index is 8.50. The highest BCUT2D eigenvalue weighted by Gasteiger charge is 2.17. The molecule has 0 bridgehead atoms. The smallest absolute Gasteiger partial charge is 0.268 e. The van der Waals surface area contributed by atoms with E-state index in [0.717, 1.165) is 37.8 Å². The normalized spacial score (nSPS) is 23.0. The molecule has 1 N–H and O–H groups in total. The molecule has 0 heterocycles. The monoisotopic (exact) mass is 167 g/mol. The Morgan fingerprint density at radius 2 is 2.25 bits per heavy atom. The molecule has 3 nitrogen and oxygen atoms in total. The topological polar surface area (TPSA) is 46.7 Å². The third-order valence-electron chi connectivity index (χ3n) is 2.39. The highest BCUT2D eigenvalue weighted by atomic mass is 16.4. The summed E-state index contributed by atoms with van der Waals surface area (Å²) in [5, 5.41) is 11.7. The third kappa shape index (κ3) is 2.51. The second kappa shape index (κ2) is 4.73. The van der Waals surface area contributed by atoms with Gasteiger partial charge in [-0.1, -0.05) is 5.16 Å². The van der Waals surface area contributed by atoms with Gasteiger partial charge in [0.2, 0.25) is 0 Å².